The fourth-order valence-corrected chi connectivity index (χ4v) is 4.44. The Bertz CT molecular complexity index is 1300. The number of cyclic esters (lactones) is 1. The summed E-state index contributed by atoms with van der Waals surface area (Å²) < 4.78 is 50.4. The van der Waals surface area contributed by atoms with Gasteiger partial charge in [0.15, 0.2) is 5.76 Å². The first kappa shape index (κ1) is 22.9. The van der Waals surface area contributed by atoms with E-state index in [4.69, 9.17) is 9.26 Å². The quantitative estimate of drug-likeness (QED) is 0.588. The number of nitrogens with one attached hydrogen (secondary N) is 1. The number of aryl methyl sites for hydroxylation is 1. The number of fused-ring (bicyclic) bond motifs is 3. The molecule has 0 saturated carbocycles. The highest BCUT2D eigenvalue weighted by Crippen LogP contribution is 2.40. The van der Waals surface area contributed by atoms with Crippen LogP contribution in [0.15, 0.2) is 41.1 Å². The van der Waals surface area contributed by atoms with Gasteiger partial charge in [0, 0.05) is 35.5 Å². The van der Waals surface area contributed by atoms with Crippen molar-refractivity contribution in [2.24, 2.45) is 0 Å². The number of hydrogen-bond donors (Lipinski definition) is 1. The number of ether oxygens (including phenoxy) is 1. The van der Waals surface area contributed by atoms with Gasteiger partial charge in [-0.2, -0.15) is 13.2 Å². The fraction of sp³-hybridized carbons (Fsp3) is 0.333. The summed E-state index contributed by atoms with van der Waals surface area (Å²) >= 11 is 0. The molecule has 2 amide bonds. The lowest BCUT2D eigenvalue weighted by molar-refractivity contribution is -0.141. The molecule has 1 fully saturated rings. The van der Waals surface area contributed by atoms with Crippen LogP contribution in [0.2, 0.25) is 0 Å². The molecule has 1 unspecified atom stereocenters. The zero-order valence-corrected chi connectivity index (χ0v) is 18.7. The van der Waals surface area contributed by atoms with E-state index < -0.39 is 24.1 Å². The van der Waals surface area contributed by atoms with Gasteiger partial charge >= 0.3 is 12.3 Å². The van der Waals surface area contributed by atoms with E-state index in [0.29, 0.717) is 42.1 Å². The molecule has 182 valence electrons. The maximum absolute atomic E-state index is 13.1. The number of pyridine rings is 1. The number of carbonyl (C=O) groups is 2. The minimum atomic E-state index is -4.56. The Morgan fingerprint density at radius 2 is 2.06 bits per heavy atom. The van der Waals surface area contributed by atoms with Crippen molar-refractivity contribution in [3.8, 4) is 22.6 Å². The maximum Gasteiger partial charge on any atom is 0.433 e. The second kappa shape index (κ2) is 8.71. The lowest BCUT2D eigenvalue weighted by Gasteiger charge is -2.15. The Labute approximate surface area is 198 Å². The fourth-order valence-electron chi connectivity index (χ4n) is 4.44. The largest absolute Gasteiger partial charge is 0.442 e. The Hall–Kier alpha value is -3.89. The molecule has 1 N–H and O–H groups in total. The summed E-state index contributed by atoms with van der Waals surface area (Å²) in [5, 5.41) is 6.75. The molecule has 11 heteroatoms. The summed E-state index contributed by atoms with van der Waals surface area (Å²) in [7, 11) is 0. The second-order valence-electron chi connectivity index (χ2n) is 8.51. The third kappa shape index (κ3) is 4.45. The SMILES string of the molecule is CC(=O)NCC1CN(c2ccc3c(c2)CCCc2c(-c4ccnc(C(F)(F)F)c4)noc2-3)C(=O)O1. The first-order valence-corrected chi connectivity index (χ1v) is 11.1. The van der Waals surface area contributed by atoms with Crippen molar-refractivity contribution in [1.82, 2.24) is 15.5 Å². The summed E-state index contributed by atoms with van der Waals surface area (Å²) in [6, 6.07) is 7.95. The van der Waals surface area contributed by atoms with Gasteiger partial charge in [0.25, 0.3) is 0 Å². The molecule has 1 aliphatic heterocycles. The van der Waals surface area contributed by atoms with Crippen LogP contribution in [0, 0.1) is 0 Å². The Morgan fingerprint density at radius 1 is 1.23 bits per heavy atom. The summed E-state index contributed by atoms with van der Waals surface area (Å²) in [5.41, 5.74) is 2.80. The number of rotatable bonds is 4. The molecule has 1 aromatic carbocycles. The van der Waals surface area contributed by atoms with Gasteiger partial charge in [-0.15, -0.1) is 0 Å². The normalized spacial score (nSPS) is 17.4. The van der Waals surface area contributed by atoms with Crippen LogP contribution in [0.1, 0.15) is 30.2 Å². The van der Waals surface area contributed by atoms with Gasteiger partial charge in [0.2, 0.25) is 5.91 Å². The average Bonchev–Trinajstić information content (AvgIpc) is 3.35. The number of nitrogens with zero attached hydrogens (tertiary/aromatic N) is 3. The lowest BCUT2D eigenvalue weighted by Crippen LogP contribution is -2.33. The van der Waals surface area contributed by atoms with E-state index in [1.54, 1.807) is 6.07 Å². The number of alkyl halides is 3. The van der Waals surface area contributed by atoms with E-state index >= 15 is 0 Å². The van der Waals surface area contributed by atoms with E-state index in [2.05, 4.69) is 15.5 Å². The number of aromatic nitrogens is 2. The number of benzene rings is 1. The molecular weight excluding hydrogens is 465 g/mol. The monoisotopic (exact) mass is 486 g/mol. The molecule has 1 saturated heterocycles. The predicted molar refractivity (Wildman–Crippen MR) is 118 cm³/mol. The van der Waals surface area contributed by atoms with E-state index in [-0.39, 0.29) is 12.5 Å². The van der Waals surface area contributed by atoms with E-state index in [9.17, 15) is 22.8 Å². The zero-order valence-electron chi connectivity index (χ0n) is 18.7. The van der Waals surface area contributed by atoms with Crippen molar-refractivity contribution in [2.45, 2.75) is 38.5 Å². The Morgan fingerprint density at radius 3 is 2.83 bits per heavy atom. The molecule has 3 heterocycles. The standard InChI is InChI=1S/C24H21F3N4O4/c1-13(32)29-11-17-12-31(23(33)34-17)16-5-6-18-14(9-16)3-2-4-19-21(30-35-22(18)19)15-7-8-28-20(10-15)24(25,26)27/h5-10,17H,2-4,11-12H2,1H3,(H,29,32). The molecule has 0 radical (unpaired) electrons. The number of hydrogen-bond acceptors (Lipinski definition) is 6. The molecule has 3 aromatic rings. The van der Waals surface area contributed by atoms with Crippen LogP contribution in [0.3, 0.4) is 0 Å². The highest BCUT2D eigenvalue weighted by atomic mass is 19.4. The molecule has 5 rings (SSSR count). The first-order valence-electron chi connectivity index (χ1n) is 11.1. The Kier molecular flexibility index (Phi) is 5.70. The molecular formula is C24H21F3N4O4. The first-order chi connectivity index (χ1) is 16.7. The molecule has 0 spiro atoms. The molecule has 0 bridgehead atoms. The van der Waals surface area contributed by atoms with Crippen molar-refractivity contribution < 1.29 is 32.0 Å². The predicted octanol–water partition coefficient (Wildman–Crippen LogP) is 4.37. The van der Waals surface area contributed by atoms with Gasteiger partial charge in [-0.05, 0) is 55.2 Å². The molecule has 35 heavy (non-hydrogen) atoms. The third-order valence-electron chi connectivity index (χ3n) is 6.08. The van der Waals surface area contributed by atoms with Crippen molar-refractivity contribution in [3.05, 3.63) is 53.3 Å². The highest BCUT2D eigenvalue weighted by molar-refractivity contribution is 5.90. The Balaban J connectivity index is 1.44. The second-order valence-corrected chi connectivity index (χ2v) is 8.51. The molecule has 1 aliphatic carbocycles. The lowest BCUT2D eigenvalue weighted by atomic mass is 10.00. The number of carbonyl (C=O) groups excluding carboxylic acids is 2. The van der Waals surface area contributed by atoms with Gasteiger partial charge in [0.05, 0.1) is 13.1 Å². The minimum absolute atomic E-state index is 0.201. The van der Waals surface area contributed by atoms with Crippen LogP contribution in [0.5, 0.6) is 0 Å². The number of halogens is 3. The molecule has 2 aromatic heterocycles. The van der Waals surface area contributed by atoms with E-state index in [1.165, 1.54) is 17.9 Å². The smallest absolute Gasteiger partial charge is 0.433 e. The van der Waals surface area contributed by atoms with Gasteiger partial charge in [0.1, 0.15) is 17.5 Å². The number of amides is 2. The van der Waals surface area contributed by atoms with Gasteiger partial charge < -0.3 is 14.6 Å². The molecule has 2 aliphatic rings. The topological polar surface area (TPSA) is 97.6 Å². The highest BCUT2D eigenvalue weighted by Gasteiger charge is 2.35. The van der Waals surface area contributed by atoms with Crippen LogP contribution >= 0.6 is 0 Å². The van der Waals surface area contributed by atoms with Crippen LogP contribution < -0.4 is 10.2 Å². The third-order valence-corrected chi connectivity index (χ3v) is 6.08. The summed E-state index contributed by atoms with van der Waals surface area (Å²) in [5.74, 6) is 0.310. The van der Waals surface area contributed by atoms with Crippen molar-refractivity contribution in [1.29, 1.82) is 0 Å². The van der Waals surface area contributed by atoms with Crippen molar-refractivity contribution in [3.63, 3.8) is 0 Å². The molecule has 1 atom stereocenters. The number of anilines is 1. The summed E-state index contributed by atoms with van der Waals surface area (Å²) in [6.07, 6.45) is -2.39. The van der Waals surface area contributed by atoms with Gasteiger partial charge in [-0.25, -0.2) is 4.79 Å². The van der Waals surface area contributed by atoms with E-state index in [1.807, 2.05) is 12.1 Å². The molecule has 8 nitrogen and oxygen atoms in total. The summed E-state index contributed by atoms with van der Waals surface area (Å²) in [4.78, 5) is 28.5. The van der Waals surface area contributed by atoms with Crippen molar-refractivity contribution in [2.75, 3.05) is 18.0 Å². The van der Waals surface area contributed by atoms with Crippen LogP contribution in [-0.4, -0.2) is 41.3 Å². The van der Waals surface area contributed by atoms with Crippen LogP contribution in [-0.2, 0) is 28.5 Å². The van der Waals surface area contributed by atoms with Gasteiger partial charge in [-0.1, -0.05) is 5.16 Å². The van der Waals surface area contributed by atoms with Crippen LogP contribution in [0.4, 0.5) is 23.7 Å². The maximum atomic E-state index is 13.1. The average molecular weight is 486 g/mol. The van der Waals surface area contributed by atoms with Crippen molar-refractivity contribution >= 4 is 17.7 Å². The van der Waals surface area contributed by atoms with Crippen LogP contribution in [0.25, 0.3) is 22.6 Å². The zero-order chi connectivity index (χ0) is 24.7. The van der Waals surface area contributed by atoms with E-state index in [0.717, 1.165) is 35.4 Å². The van der Waals surface area contributed by atoms with Gasteiger partial charge in [-0.3, -0.25) is 14.7 Å². The minimum Gasteiger partial charge on any atom is -0.442 e. The summed E-state index contributed by atoms with van der Waals surface area (Å²) in [6.45, 7) is 1.94.